The summed E-state index contributed by atoms with van der Waals surface area (Å²) in [7, 11) is 0. The number of carbonyl (C=O) groups excluding carboxylic acids is 1. The lowest BCUT2D eigenvalue weighted by Gasteiger charge is -2.11. The molecule has 164 valence electrons. The monoisotopic (exact) mass is 429 g/mol. The summed E-state index contributed by atoms with van der Waals surface area (Å²) in [4.78, 5) is 20.9. The van der Waals surface area contributed by atoms with Crippen LogP contribution in [0.1, 0.15) is 35.3 Å². The van der Waals surface area contributed by atoms with E-state index in [-0.39, 0.29) is 5.91 Å². The van der Waals surface area contributed by atoms with Crippen molar-refractivity contribution in [2.75, 3.05) is 18.5 Å². The Bertz CT molecular complexity index is 1200. The highest BCUT2D eigenvalue weighted by atomic mass is 16.5. The molecular formula is C26H27N3O3. The molecule has 3 aromatic carbocycles. The third-order valence-electron chi connectivity index (χ3n) is 5.28. The van der Waals surface area contributed by atoms with Gasteiger partial charge in [-0.2, -0.15) is 0 Å². The van der Waals surface area contributed by atoms with E-state index in [4.69, 9.17) is 14.5 Å². The summed E-state index contributed by atoms with van der Waals surface area (Å²) >= 11 is 0. The maximum Gasteiger partial charge on any atom is 0.255 e. The van der Waals surface area contributed by atoms with Gasteiger partial charge < -0.3 is 19.8 Å². The van der Waals surface area contributed by atoms with Crippen molar-refractivity contribution in [2.24, 2.45) is 0 Å². The second-order valence-electron chi connectivity index (χ2n) is 7.63. The number of ether oxygens (including phenoxy) is 2. The molecule has 0 saturated carbocycles. The van der Waals surface area contributed by atoms with Gasteiger partial charge in [-0.25, -0.2) is 4.98 Å². The molecule has 4 aromatic rings. The summed E-state index contributed by atoms with van der Waals surface area (Å²) in [6.45, 7) is 9.01. The summed E-state index contributed by atoms with van der Waals surface area (Å²) in [6, 6.07) is 17.0. The van der Waals surface area contributed by atoms with Gasteiger partial charge >= 0.3 is 0 Å². The van der Waals surface area contributed by atoms with Gasteiger partial charge in [0.1, 0.15) is 17.3 Å². The smallest absolute Gasteiger partial charge is 0.255 e. The van der Waals surface area contributed by atoms with Crippen LogP contribution in [0.3, 0.4) is 0 Å². The maximum atomic E-state index is 12.8. The van der Waals surface area contributed by atoms with Crippen LogP contribution in [0.25, 0.3) is 22.4 Å². The number of hydrogen-bond donors (Lipinski definition) is 2. The maximum absolute atomic E-state index is 12.8. The van der Waals surface area contributed by atoms with Crippen LogP contribution in [-0.4, -0.2) is 29.1 Å². The third kappa shape index (κ3) is 4.59. The molecule has 0 spiro atoms. The number of nitrogens with zero attached hydrogens (tertiary/aromatic N) is 1. The Morgan fingerprint density at radius 2 is 1.53 bits per heavy atom. The molecule has 6 nitrogen and oxygen atoms in total. The Hall–Kier alpha value is -3.80. The van der Waals surface area contributed by atoms with Crippen molar-refractivity contribution in [2.45, 2.75) is 27.7 Å². The third-order valence-corrected chi connectivity index (χ3v) is 5.28. The Kier molecular flexibility index (Phi) is 6.12. The zero-order valence-electron chi connectivity index (χ0n) is 18.8. The Balaban J connectivity index is 1.53. The van der Waals surface area contributed by atoms with Crippen LogP contribution >= 0.6 is 0 Å². The fraction of sp³-hybridized carbons (Fsp3) is 0.231. The van der Waals surface area contributed by atoms with Gasteiger partial charge in [-0.05, 0) is 87.4 Å². The molecule has 0 atom stereocenters. The van der Waals surface area contributed by atoms with Gasteiger partial charge in [-0.15, -0.1) is 0 Å². The molecule has 2 N–H and O–H groups in total. The molecule has 1 aromatic heterocycles. The largest absolute Gasteiger partial charge is 0.494 e. The molecule has 1 amide bonds. The number of anilines is 1. The van der Waals surface area contributed by atoms with Crippen molar-refractivity contribution in [3.8, 4) is 22.9 Å². The highest BCUT2D eigenvalue weighted by Crippen LogP contribution is 2.26. The highest BCUT2D eigenvalue weighted by Gasteiger charge is 2.12. The Morgan fingerprint density at radius 3 is 2.16 bits per heavy atom. The zero-order chi connectivity index (χ0) is 22.7. The molecule has 0 radical (unpaired) electrons. The van der Waals surface area contributed by atoms with Gasteiger partial charge in [0.25, 0.3) is 5.91 Å². The van der Waals surface area contributed by atoms with Crippen LogP contribution in [0.5, 0.6) is 11.5 Å². The van der Waals surface area contributed by atoms with Gasteiger partial charge in [0.15, 0.2) is 0 Å². The highest BCUT2D eigenvalue weighted by molar-refractivity contribution is 6.04. The molecule has 0 saturated heterocycles. The van der Waals surface area contributed by atoms with Crippen molar-refractivity contribution in [1.29, 1.82) is 0 Å². The number of nitrogens with one attached hydrogen (secondary N) is 2. The summed E-state index contributed by atoms with van der Waals surface area (Å²) in [5, 5.41) is 2.94. The van der Waals surface area contributed by atoms with E-state index >= 15 is 0 Å². The van der Waals surface area contributed by atoms with Crippen LogP contribution in [0.4, 0.5) is 5.69 Å². The predicted octanol–water partition coefficient (Wildman–Crippen LogP) is 5.90. The first-order valence-corrected chi connectivity index (χ1v) is 10.8. The average molecular weight is 430 g/mol. The van der Waals surface area contributed by atoms with E-state index in [1.165, 1.54) is 11.1 Å². The Labute approximate surface area is 187 Å². The minimum absolute atomic E-state index is 0.227. The number of aromatic amines is 1. The molecule has 0 unspecified atom stereocenters. The van der Waals surface area contributed by atoms with E-state index in [2.05, 4.69) is 36.3 Å². The number of fused-ring (bicyclic) bond motifs is 1. The number of amides is 1. The topological polar surface area (TPSA) is 76.2 Å². The number of benzene rings is 3. The summed E-state index contributed by atoms with van der Waals surface area (Å²) in [5.41, 5.74) is 6.53. The molecule has 4 rings (SSSR count). The first-order valence-electron chi connectivity index (χ1n) is 10.8. The number of carbonyl (C=O) groups is 1. The van der Waals surface area contributed by atoms with E-state index in [1.807, 2.05) is 38.1 Å². The molecule has 0 aliphatic rings. The first-order chi connectivity index (χ1) is 15.5. The molecular weight excluding hydrogens is 402 g/mol. The molecule has 0 bridgehead atoms. The second kappa shape index (κ2) is 9.14. The van der Waals surface area contributed by atoms with Crippen LogP contribution < -0.4 is 14.8 Å². The van der Waals surface area contributed by atoms with Gasteiger partial charge in [0.05, 0.1) is 24.2 Å². The lowest BCUT2D eigenvalue weighted by molar-refractivity contribution is 0.102. The zero-order valence-corrected chi connectivity index (χ0v) is 18.8. The van der Waals surface area contributed by atoms with Crippen LogP contribution in [0, 0.1) is 13.8 Å². The number of aromatic nitrogens is 2. The van der Waals surface area contributed by atoms with Gasteiger partial charge in [-0.1, -0.05) is 0 Å². The minimum Gasteiger partial charge on any atom is -0.494 e. The SMILES string of the molecule is CCOc1cc(OCC)cc(C(=O)Nc2ccc(-c3nc4cc(C)c(C)cc4[nH]3)cc2)c1. The normalized spacial score (nSPS) is 10.9. The first kappa shape index (κ1) is 21.4. The molecule has 1 heterocycles. The van der Waals surface area contributed by atoms with Crippen LogP contribution in [-0.2, 0) is 0 Å². The quantitative estimate of drug-likeness (QED) is 0.384. The molecule has 0 aliphatic carbocycles. The van der Waals surface area contributed by atoms with Crippen LogP contribution in [0.2, 0.25) is 0 Å². The van der Waals surface area contributed by atoms with Crippen molar-refractivity contribution >= 4 is 22.6 Å². The van der Waals surface area contributed by atoms with E-state index in [0.29, 0.717) is 36.0 Å². The van der Waals surface area contributed by atoms with Crippen molar-refractivity contribution in [3.63, 3.8) is 0 Å². The number of aryl methyl sites for hydroxylation is 2. The van der Waals surface area contributed by atoms with Gasteiger partial charge in [0.2, 0.25) is 0 Å². The fourth-order valence-corrected chi connectivity index (χ4v) is 3.52. The lowest BCUT2D eigenvalue weighted by atomic mass is 10.1. The van der Waals surface area contributed by atoms with E-state index in [1.54, 1.807) is 18.2 Å². The van der Waals surface area contributed by atoms with Crippen molar-refractivity contribution in [3.05, 3.63) is 71.3 Å². The Morgan fingerprint density at radius 1 is 0.906 bits per heavy atom. The summed E-state index contributed by atoms with van der Waals surface area (Å²) < 4.78 is 11.1. The fourth-order valence-electron chi connectivity index (χ4n) is 3.52. The lowest BCUT2D eigenvalue weighted by Crippen LogP contribution is -2.12. The summed E-state index contributed by atoms with van der Waals surface area (Å²) in [5.74, 6) is 1.78. The standard InChI is InChI=1S/C26H27N3O3/c1-5-31-21-13-19(14-22(15-21)32-6-2)26(30)27-20-9-7-18(8-10-20)25-28-23-11-16(3)17(4)12-24(23)29-25/h7-15H,5-6H2,1-4H3,(H,27,30)(H,28,29). The van der Waals surface area contributed by atoms with E-state index in [9.17, 15) is 4.79 Å². The predicted molar refractivity (Wildman–Crippen MR) is 128 cm³/mol. The number of imidazole rings is 1. The number of hydrogen-bond acceptors (Lipinski definition) is 4. The molecule has 0 fully saturated rings. The van der Waals surface area contributed by atoms with Crippen molar-refractivity contribution < 1.29 is 14.3 Å². The molecule has 0 aliphatic heterocycles. The van der Waals surface area contributed by atoms with Crippen LogP contribution in [0.15, 0.2) is 54.6 Å². The minimum atomic E-state index is -0.227. The number of rotatable bonds is 7. The average Bonchev–Trinajstić information content (AvgIpc) is 3.17. The molecule has 6 heteroatoms. The van der Waals surface area contributed by atoms with Crippen molar-refractivity contribution in [1.82, 2.24) is 9.97 Å². The second-order valence-corrected chi connectivity index (χ2v) is 7.63. The van der Waals surface area contributed by atoms with E-state index < -0.39 is 0 Å². The summed E-state index contributed by atoms with van der Waals surface area (Å²) in [6.07, 6.45) is 0. The molecule has 32 heavy (non-hydrogen) atoms. The van der Waals surface area contributed by atoms with Gasteiger partial charge in [0, 0.05) is 22.9 Å². The van der Waals surface area contributed by atoms with Gasteiger partial charge in [-0.3, -0.25) is 4.79 Å². The number of H-pyrrole nitrogens is 1. The van der Waals surface area contributed by atoms with E-state index in [0.717, 1.165) is 22.4 Å².